The molecule has 0 atom stereocenters. The molecule has 0 bridgehead atoms. The van der Waals surface area contributed by atoms with Gasteiger partial charge in [0.15, 0.2) is 5.82 Å². The second kappa shape index (κ2) is 5.31. The zero-order valence-electron chi connectivity index (χ0n) is 10.8. The zero-order chi connectivity index (χ0) is 15.1. The molecule has 2 rings (SSSR count). The molecule has 0 heterocycles. The fraction of sp³-hybridized carbons (Fsp3) is 0.214. The van der Waals surface area contributed by atoms with Crippen LogP contribution in [0.15, 0.2) is 28.7 Å². The quantitative estimate of drug-likeness (QED) is 0.847. The first kappa shape index (κ1) is 15.2. The molecule has 2 aromatic carbocycles. The van der Waals surface area contributed by atoms with Crippen molar-refractivity contribution in [2.75, 3.05) is 5.32 Å². The Morgan fingerprint density at radius 3 is 2.70 bits per heavy atom. The second-order valence-electron chi connectivity index (χ2n) is 4.90. The predicted molar refractivity (Wildman–Crippen MR) is 81.5 cm³/mol. The fourth-order valence-corrected chi connectivity index (χ4v) is 2.77. The summed E-state index contributed by atoms with van der Waals surface area (Å²) in [6.07, 6.45) is 0. The van der Waals surface area contributed by atoms with Gasteiger partial charge in [-0.2, -0.15) is 0 Å². The lowest BCUT2D eigenvalue weighted by molar-refractivity contribution is -0.130. The molecule has 2 N–H and O–H groups in total. The van der Waals surface area contributed by atoms with Gasteiger partial charge in [0.05, 0.1) is 5.69 Å². The van der Waals surface area contributed by atoms with Gasteiger partial charge < -0.3 is 10.4 Å². The Morgan fingerprint density at radius 1 is 1.45 bits per heavy atom. The van der Waals surface area contributed by atoms with E-state index in [2.05, 4.69) is 21.2 Å². The van der Waals surface area contributed by atoms with Gasteiger partial charge in [0.25, 0.3) is 5.91 Å². The average molecular weight is 361 g/mol. The highest BCUT2D eigenvalue weighted by atomic mass is 79.9. The summed E-state index contributed by atoms with van der Waals surface area (Å²) in [6, 6.07) is 6.28. The van der Waals surface area contributed by atoms with Gasteiger partial charge in [0.1, 0.15) is 5.60 Å². The molecule has 3 nitrogen and oxygen atoms in total. The number of carbonyl (C=O) groups is 1. The summed E-state index contributed by atoms with van der Waals surface area (Å²) in [4.78, 5) is 11.7. The van der Waals surface area contributed by atoms with Crippen LogP contribution < -0.4 is 5.32 Å². The molecule has 0 aliphatic rings. The van der Waals surface area contributed by atoms with Crippen molar-refractivity contribution in [3.8, 4) is 0 Å². The predicted octanol–water partition coefficient (Wildman–Crippen LogP) is 4.10. The van der Waals surface area contributed by atoms with Crippen molar-refractivity contribution in [2.24, 2.45) is 0 Å². The second-order valence-corrected chi connectivity index (χ2v) is 6.16. The summed E-state index contributed by atoms with van der Waals surface area (Å²) in [5.74, 6) is -1.28. The van der Waals surface area contributed by atoms with Gasteiger partial charge in [-0.05, 0) is 26.0 Å². The van der Waals surface area contributed by atoms with Crippen LogP contribution >= 0.6 is 27.5 Å². The number of anilines is 1. The molecular weight excluding hydrogens is 349 g/mol. The van der Waals surface area contributed by atoms with E-state index in [1.165, 1.54) is 19.9 Å². The maximum Gasteiger partial charge on any atom is 0.255 e. The van der Waals surface area contributed by atoms with E-state index in [4.69, 9.17) is 11.6 Å². The Kier molecular flexibility index (Phi) is 4.04. The Hall–Kier alpha value is -1.17. The molecule has 0 aliphatic carbocycles. The Labute approximate surface area is 128 Å². The molecule has 2 aromatic rings. The molecule has 0 spiro atoms. The lowest BCUT2D eigenvalue weighted by atomic mass is 10.1. The standard InChI is InChI=1S/C14H12BrClFNO2/c1-14(2,20)13(19)18-10-6-8(15)11-7(12(10)17)4-3-5-9(11)16/h3-6,20H,1-2H3,(H,18,19). The van der Waals surface area contributed by atoms with Crippen LogP contribution in [0.5, 0.6) is 0 Å². The number of rotatable bonds is 2. The SMILES string of the molecule is CC(C)(O)C(=O)Nc1cc(Br)c2c(Cl)cccc2c1F. The number of halogens is 3. The van der Waals surface area contributed by atoms with Crippen molar-refractivity contribution in [2.45, 2.75) is 19.4 Å². The number of hydrogen-bond donors (Lipinski definition) is 2. The summed E-state index contributed by atoms with van der Waals surface area (Å²) in [7, 11) is 0. The summed E-state index contributed by atoms with van der Waals surface area (Å²) in [6.45, 7) is 2.65. The largest absolute Gasteiger partial charge is 0.381 e. The zero-order valence-corrected chi connectivity index (χ0v) is 13.1. The highest BCUT2D eigenvalue weighted by Crippen LogP contribution is 2.36. The van der Waals surface area contributed by atoms with Crippen molar-refractivity contribution in [3.05, 3.63) is 39.6 Å². The van der Waals surface area contributed by atoms with Gasteiger partial charge in [-0.3, -0.25) is 4.79 Å². The third-order valence-electron chi connectivity index (χ3n) is 2.80. The fourth-order valence-electron chi connectivity index (χ4n) is 1.72. The van der Waals surface area contributed by atoms with Gasteiger partial charge >= 0.3 is 0 Å². The topological polar surface area (TPSA) is 49.3 Å². The number of benzene rings is 2. The molecule has 0 aliphatic heterocycles. The highest BCUT2D eigenvalue weighted by Gasteiger charge is 2.25. The van der Waals surface area contributed by atoms with E-state index >= 15 is 0 Å². The van der Waals surface area contributed by atoms with Crippen LogP contribution in [0.1, 0.15) is 13.8 Å². The normalized spacial score (nSPS) is 11.7. The van der Waals surface area contributed by atoms with Gasteiger partial charge in [-0.15, -0.1) is 0 Å². The minimum absolute atomic E-state index is 0.0150. The van der Waals surface area contributed by atoms with E-state index in [0.717, 1.165) is 0 Å². The molecule has 20 heavy (non-hydrogen) atoms. The maximum absolute atomic E-state index is 14.4. The number of fused-ring (bicyclic) bond motifs is 1. The molecule has 0 unspecified atom stereocenters. The first-order valence-electron chi connectivity index (χ1n) is 5.82. The van der Waals surface area contributed by atoms with E-state index in [1.807, 2.05) is 0 Å². The van der Waals surface area contributed by atoms with Crippen molar-refractivity contribution >= 4 is 49.9 Å². The molecular formula is C14H12BrClFNO2. The van der Waals surface area contributed by atoms with E-state index in [1.54, 1.807) is 18.2 Å². The molecule has 0 aromatic heterocycles. The minimum atomic E-state index is -1.60. The monoisotopic (exact) mass is 359 g/mol. The summed E-state index contributed by atoms with van der Waals surface area (Å²) < 4.78 is 15.0. The number of amides is 1. The Bertz CT molecular complexity index is 698. The molecule has 1 amide bonds. The van der Waals surface area contributed by atoms with Crippen molar-refractivity contribution in [1.29, 1.82) is 0 Å². The third kappa shape index (κ3) is 2.80. The van der Waals surface area contributed by atoms with Gasteiger partial charge in [0, 0.05) is 20.3 Å². The van der Waals surface area contributed by atoms with Crippen LogP contribution in [-0.2, 0) is 4.79 Å². The average Bonchev–Trinajstić information content (AvgIpc) is 2.34. The first-order valence-corrected chi connectivity index (χ1v) is 6.99. The molecule has 0 saturated carbocycles. The van der Waals surface area contributed by atoms with Crippen molar-refractivity contribution < 1.29 is 14.3 Å². The molecule has 106 valence electrons. The van der Waals surface area contributed by atoms with Gasteiger partial charge in [0.2, 0.25) is 0 Å². The van der Waals surface area contributed by atoms with Gasteiger partial charge in [-0.1, -0.05) is 39.7 Å². The Morgan fingerprint density at radius 2 is 2.10 bits per heavy atom. The first-order chi connectivity index (χ1) is 9.21. The molecule has 0 fully saturated rings. The van der Waals surface area contributed by atoms with E-state index in [9.17, 15) is 14.3 Å². The van der Waals surface area contributed by atoms with Crippen LogP contribution in [0.4, 0.5) is 10.1 Å². The van der Waals surface area contributed by atoms with Crippen LogP contribution in [0.3, 0.4) is 0 Å². The van der Waals surface area contributed by atoms with Crippen LogP contribution in [0.25, 0.3) is 10.8 Å². The number of aliphatic hydroxyl groups is 1. The molecule has 0 saturated heterocycles. The van der Waals surface area contributed by atoms with Crippen LogP contribution in [0, 0.1) is 5.82 Å². The van der Waals surface area contributed by atoms with Crippen molar-refractivity contribution in [3.63, 3.8) is 0 Å². The van der Waals surface area contributed by atoms with Crippen molar-refractivity contribution in [1.82, 2.24) is 0 Å². The summed E-state index contributed by atoms with van der Waals surface area (Å²) in [5, 5.41) is 13.2. The number of carbonyl (C=O) groups excluding carboxylic acids is 1. The number of nitrogens with one attached hydrogen (secondary N) is 1. The third-order valence-corrected chi connectivity index (χ3v) is 3.74. The smallest absolute Gasteiger partial charge is 0.255 e. The number of hydrogen-bond acceptors (Lipinski definition) is 2. The van der Waals surface area contributed by atoms with Gasteiger partial charge in [-0.25, -0.2) is 4.39 Å². The Balaban J connectivity index is 2.57. The van der Waals surface area contributed by atoms with Crippen LogP contribution in [-0.4, -0.2) is 16.6 Å². The molecule has 6 heteroatoms. The molecule has 0 radical (unpaired) electrons. The lowest BCUT2D eigenvalue weighted by Gasteiger charge is -2.18. The maximum atomic E-state index is 14.4. The summed E-state index contributed by atoms with van der Waals surface area (Å²) >= 11 is 9.35. The summed E-state index contributed by atoms with van der Waals surface area (Å²) in [5.41, 5.74) is -1.61. The lowest BCUT2D eigenvalue weighted by Crippen LogP contribution is -2.36. The van der Waals surface area contributed by atoms with Crippen LogP contribution in [0.2, 0.25) is 5.02 Å². The highest BCUT2D eigenvalue weighted by molar-refractivity contribution is 9.10. The minimum Gasteiger partial charge on any atom is -0.381 e. The van der Waals surface area contributed by atoms with E-state index < -0.39 is 17.3 Å². The van der Waals surface area contributed by atoms with E-state index in [-0.39, 0.29) is 11.1 Å². The van der Waals surface area contributed by atoms with E-state index in [0.29, 0.717) is 14.9 Å².